The van der Waals surface area contributed by atoms with Gasteiger partial charge in [0.25, 0.3) is 5.76 Å². The Morgan fingerprint density at radius 1 is 1.15 bits per heavy atom. The molecule has 1 rings (SSSR count). The minimum atomic E-state index is -1.46. The van der Waals surface area contributed by atoms with Gasteiger partial charge < -0.3 is 24.8 Å². The van der Waals surface area contributed by atoms with Crippen molar-refractivity contribution in [1.29, 1.82) is 0 Å². The third kappa shape index (κ3) is 11.1. The normalized spacial score (nSPS) is 16.7. The maximum absolute atomic E-state index is 11.7. The Kier molecular flexibility index (Phi) is 21.9. The fourth-order valence-corrected chi connectivity index (χ4v) is 2.30. The Balaban J connectivity index is -0.00000176. The second kappa shape index (κ2) is 18.0. The molecule has 2 atom stereocenters. The van der Waals surface area contributed by atoms with Crippen LogP contribution in [0.25, 0.3) is 0 Å². The molecule has 0 amide bonds. The molecule has 147 valence electrons. The summed E-state index contributed by atoms with van der Waals surface area (Å²) in [6.45, 7) is 1.46. The van der Waals surface area contributed by atoms with Crippen LogP contribution in [0.4, 0.5) is 0 Å². The Morgan fingerprint density at radius 3 is 2.23 bits per heavy atom. The summed E-state index contributed by atoms with van der Waals surface area (Å²) in [4.78, 5) is 23.2. The number of aliphatic hydroxyl groups is 3. The van der Waals surface area contributed by atoms with Crippen LogP contribution in [0.3, 0.4) is 0 Å². The van der Waals surface area contributed by atoms with Crippen LogP contribution in [0, 0.1) is 0 Å². The van der Waals surface area contributed by atoms with E-state index in [1.165, 1.54) is 19.3 Å². The van der Waals surface area contributed by atoms with Crippen LogP contribution in [-0.4, -0.2) is 105 Å². The average molecular weight is 442 g/mol. The summed E-state index contributed by atoms with van der Waals surface area (Å²) >= 11 is 0. The van der Waals surface area contributed by atoms with Crippen LogP contribution in [0.2, 0.25) is 0 Å². The van der Waals surface area contributed by atoms with Crippen LogP contribution < -0.4 is 0 Å². The van der Waals surface area contributed by atoms with Crippen LogP contribution in [-0.2, 0) is 36.1 Å². The molecule has 3 N–H and O–H groups in total. The van der Waals surface area contributed by atoms with Crippen LogP contribution >= 0.6 is 0 Å². The molecule has 0 fully saturated rings. The van der Waals surface area contributed by atoms with E-state index in [-0.39, 0.29) is 82.6 Å². The summed E-state index contributed by atoms with van der Waals surface area (Å²) in [5, 5.41) is 28.0. The van der Waals surface area contributed by atoms with Crippen LogP contribution in [0.15, 0.2) is 11.5 Å². The first kappa shape index (κ1) is 31.6. The number of rotatable bonds is 11. The summed E-state index contributed by atoms with van der Waals surface area (Å²) in [6, 6.07) is 0. The average Bonchev–Trinajstić information content (AvgIpc) is 2.81. The molecule has 1 aliphatic heterocycles. The first-order chi connectivity index (χ1) is 11.0. The van der Waals surface area contributed by atoms with Gasteiger partial charge in [0.2, 0.25) is 0 Å². The molecule has 0 spiro atoms. The number of carbonyl (C=O) groups is 2. The number of carbonyl (C=O) groups excluding carboxylic acids is 2. The molecule has 0 aromatic carbocycles. The number of ether oxygens (including phenoxy) is 2. The van der Waals surface area contributed by atoms with Gasteiger partial charge in [-0.05, 0) is 6.42 Å². The Bertz CT molecular complexity index is 446. The van der Waals surface area contributed by atoms with Crippen molar-refractivity contribution < 1.29 is 51.5 Å². The molecular formula is C16H28CuNa2O7. The van der Waals surface area contributed by atoms with Crippen molar-refractivity contribution in [2.45, 2.75) is 70.5 Å². The second-order valence-electron chi connectivity index (χ2n) is 5.64. The third-order valence-electron chi connectivity index (χ3n) is 3.66. The molecular weight excluding hydrogens is 414 g/mol. The maximum atomic E-state index is 11.7. The molecule has 0 bridgehead atoms. The van der Waals surface area contributed by atoms with Gasteiger partial charge in [0.05, 0.1) is 6.61 Å². The first-order valence-electron chi connectivity index (χ1n) is 8.15. The van der Waals surface area contributed by atoms with Gasteiger partial charge in [0, 0.05) is 23.5 Å². The van der Waals surface area contributed by atoms with Gasteiger partial charge in [-0.15, -0.1) is 0 Å². The van der Waals surface area contributed by atoms with Crippen molar-refractivity contribution in [2.24, 2.45) is 0 Å². The summed E-state index contributed by atoms with van der Waals surface area (Å²) in [6.07, 6.45) is 4.64. The van der Waals surface area contributed by atoms with E-state index in [1.54, 1.807) is 0 Å². The number of hydrogen-bond donors (Lipinski definition) is 3. The minimum absolute atomic E-state index is 0. The molecule has 0 saturated heterocycles. The zero-order valence-electron chi connectivity index (χ0n) is 13.8. The Hall–Kier alpha value is 0.919. The van der Waals surface area contributed by atoms with Gasteiger partial charge in [-0.1, -0.05) is 45.4 Å². The van der Waals surface area contributed by atoms with E-state index in [1.807, 2.05) is 0 Å². The molecule has 0 unspecified atom stereocenters. The fraction of sp³-hybridized carbons (Fsp3) is 0.750. The summed E-state index contributed by atoms with van der Waals surface area (Å²) < 4.78 is 9.50. The molecule has 0 aromatic rings. The van der Waals surface area contributed by atoms with Gasteiger partial charge in [0.1, 0.15) is 6.10 Å². The quantitative estimate of drug-likeness (QED) is 0.242. The van der Waals surface area contributed by atoms with Crippen molar-refractivity contribution in [3.63, 3.8) is 0 Å². The number of cyclic esters (lactones) is 1. The van der Waals surface area contributed by atoms with Crippen LogP contribution in [0.1, 0.15) is 58.3 Å². The van der Waals surface area contributed by atoms with E-state index in [0.29, 0.717) is 6.42 Å². The SMILES string of the molecule is CCCCCCCCCC(=O)OC1=C(O)[C@@H]([C@@H](O)CO)OC1=O.[Cu].[NaH].[NaH]. The van der Waals surface area contributed by atoms with E-state index in [9.17, 15) is 19.8 Å². The predicted molar refractivity (Wildman–Crippen MR) is 95.6 cm³/mol. The fourth-order valence-electron chi connectivity index (χ4n) is 2.30. The Morgan fingerprint density at radius 2 is 1.69 bits per heavy atom. The van der Waals surface area contributed by atoms with Crippen LogP contribution in [0.5, 0.6) is 0 Å². The molecule has 1 aliphatic rings. The van der Waals surface area contributed by atoms with E-state index in [0.717, 1.165) is 19.3 Å². The molecule has 1 radical (unpaired) electrons. The third-order valence-corrected chi connectivity index (χ3v) is 3.66. The molecule has 10 heteroatoms. The summed E-state index contributed by atoms with van der Waals surface area (Å²) in [7, 11) is 0. The van der Waals surface area contributed by atoms with Gasteiger partial charge >= 0.3 is 71.1 Å². The van der Waals surface area contributed by atoms with E-state index < -0.39 is 42.3 Å². The second-order valence-corrected chi connectivity index (χ2v) is 5.64. The van der Waals surface area contributed by atoms with Crippen molar-refractivity contribution in [1.82, 2.24) is 0 Å². The van der Waals surface area contributed by atoms with E-state index in [4.69, 9.17) is 9.84 Å². The van der Waals surface area contributed by atoms with Gasteiger partial charge in [-0.2, -0.15) is 0 Å². The van der Waals surface area contributed by atoms with E-state index >= 15 is 0 Å². The first-order valence-corrected chi connectivity index (χ1v) is 8.15. The van der Waals surface area contributed by atoms with Crippen molar-refractivity contribution >= 4 is 71.1 Å². The molecule has 0 aliphatic carbocycles. The molecule has 0 saturated carbocycles. The summed E-state index contributed by atoms with van der Waals surface area (Å²) in [5.41, 5.74) is 0. The standard InChI is InChI=1S/C16H26O7.Cu.2Na.2H/c1-2-3-4-5-6-7-8-9-12(19)22-15-13(20)14(11(18)10-17)23-16(15)21;;;;;/h11,14,17-18,20H,2-10H2,1H3;;;;;/t11-,14+;;;;;/m0...../s1. The molecule has 26 heavy (non-hydrogen) atoms. The van der Waals surface area contributed by atoms with Gasteiger partial charge in [-0.25, -0.2) is 4.79 Å². The number of hydrogen-bond acceptors (Lipinski definition) is 7. The van der Waals surface area contributed by atoms with E-state index in [2.05, 4.69) is 11.7 Å². The van der Waals surface area contributed by atoms with Gasteiger partial charge in [0.15, 0.2) is 11.9 Å². The zero-order chi connectivity index (χ0) is 17.2. The topological polar surface area (TPSA) is 113 Å². The van der Waals surface area contributed by atoms with Crippen molar-refractivity contribution in [3.8, 4) is 0 Å². The van der Waals surface area contributed by atoms with Crippen molar-refractivity contribution in [3.05, 3.63) is 11.5 Å². The molecule has 1 heterocycles. The van der Waals surface area contributed by atoms with Gasteiger partial charge in [-0.3, -0.25) is 4.79 Å². The monoisotopic (exact) mass is 441 g/mol. The van der Waals surface area contributed by atoms with Crippen molar-refractivity contribution in [2.75, 3.05) is 6.61 Å². The predicted octanol–water partition coefficient (Wildman–Crippen LogP) is 0.419. The number of esters is 2. The summed E-state index contributed by atoms with van der Waals surface area (Å²) in [5.74, 6) is -2.91. The number of aliphatic hydroxyl groups excluding tert-OH is 3. The molecule has 0 aromatic heterocycles. The number of unbranched alkanes of at least 4 members (excludes halogenated alkanes) is 6. The Labute approximate surface area is 209 Å². The molecule has 7 nitrogen and oxygen atoms in total. The zero-order valence-corrected chi connectivity index (χ0v) is 14.7.